The Morgan fingerprint density at radius 2 is 0.733 bits per heavy atom. The average Bonchev–Trinajstić information content (AvgIpc) is 3.19. The Balaban J connectivity index is 1.17. The minimum atomic E-state index is 1.14. The van der Waals surface area contributed by atoms with E-state index in [1.165, 1.54) is 59.2 Å². The summed E-state index contributed by atoms with van der Waals surface area (Å²) < 4.78 is 0. The minimum absolute atomic E-state index is 1.14. The fraction of sp³-hybridized carbons (Fsp3) is 1.00. The third kappa shape index (κ3) is 3.04. The fourth-order valence-corrected chi connectivity index (χ4v) is 11.4. The third-order valence-corrected chi connectivity index (χ3v) is 12.9. The Hall–Kier alpha value is 0. The van der Waals surface area contributed by atoms with E-state index in [9.17, 15) is 0 Å². The average molecular weight is 409 g/mol. The van der Waals surface area contributed by atoms with Gasteiger partial charge < -0.3 is 0 Å². The molecule has 10 unspecified atom stereocenters. The topological polar surface area (TPSA) is 0 Å². The van der Waals surface area contributed by atoms with Crippen molar-refractivity contribution in [2.45, 2.75) is 116 Å². The summed E-state index contributed by atoms with van der Waals surface area (Å²) >= 11 is 0. The largest absolute Gasteiger partial charge is 0.0530 e. The third-order valence-electron chi connectivity index (χ3n) is 12.9. The second-order valence-corrected chi connectivity index (χ2v) is 13.7. The van der Waals surface area contributed by atoms with Crippen LogP contribution in [-0.4, -0.2) is 0 Å². The van der Waals surface area contributed by atoms with Gasteiger partial charge in [0.1, 0.15) is 0 Å². The molecule has 7 fully saturated rings. The summed E-state index contributed by atoms with van der Waals surface area (Å²) in [5, 5.41) is 0. The van der Waals surface area contributed by atoms with Gasteiger partial charge in [-0.2, -0.15) is 0 Å². The molecule has 0 heteroatoms. The van der Waals surface area contributed by atoms with Crippen LogP contribution in [-0.2, 0) is 0 Å². The van der Waals surface area contributed by atoms with Gasteiger partial charge in [-0.1, -0.05) is 64.2 Å². The molecule has 0 bridgehead atoms. The molecule has 7 rings (SSSR count). The molecule has 7 aliphatic rings. The predicted molar refractivity (Wildman–Crippen MR) is 125 cm³/mol. The highest BCUT2D eigenvalue weighted by Crippen LogP contribution is 2.67. The van der Waals surface area contributed by atoms with Crippen molar-refractivity contribution in [2.24, 2.45) is 71.0 Å². The number of fused-ring (bicyclic) bond motifs is 6. The van der Waals surface area contributed by atoms with Crippen molar-refractivity contribution in [1.82, 2.24) is 0 Å². The molecule has 0 aromatic rings. The Morgan fingerprint density at radius 3 is 1.10 bits per heavy atom. The van der Waals surface area contributed by atoms with Gasteiger partial charge in [-0.05, 0) is 122 Å². The monoisotopic (exact) mass is 408 g/mol. The molecule has 0 N–H and O–H groups in total. The lowest BCUT2D eigenvalue weighted by atomic mass is 9.62. The van der Waals surface area contributed by atoms with E-state index >= 15 is 0 Å². The molecule has 168 valence electrons. The molecule has 0 aromatic heterocycles. The summed E-state index contributed by atoms with van der Waals surface area (Å²) in [7, 11) is 0. The molecule has 7 aliphatic carbocycles. The van der Waals surface area contributed by atoms with Crippen LogP contribution in [0.3, 0.4) is 0 Å². The van der Waals surface area contributed by atoms with Crippen molar-refractivity contribution >= 4 is 0 Å². The molecule has 0 radical (unpaired) electrons. The van der Waals surface area contributed by atoms with Crippen molar-refractivity contribution in [3.8, 4) is 0 Å². The first-order valence-corrected chi connectivity index (χ1v) is 14.9. The van der Waals surface area contributed by atoms with E-state index in [2.05, 4.69) is 0 Å². The first kappa shape index (κ1) is 19.5. The molecule has 0 heterocycles. The van der Waals surface area contributed by atoms with Gasteiger partial charge in [-0.15, -0.1) is 0 Å². The highest BCUT2D eigenvalue weighted by Gasteiger charge is 2.60. The second kappa shape index (κ2) is 7.80. The van der Waals surface area contributed by atoms with Crippen molar-refractivity contribution in [3.63, 3.8) is 0 Å². The van der Waals surface area contributed by atoms with Crippen LogP contribution >= 0.6 is 0 Å². The van der Waals surface area contributed by atoms with E-state index in [0.29, 0.717) is 0 Å². The zero-order valence-electron chi connectivity index (χ0n) is 19.7. The fourth-order valence-electron chi connectivity index (χ4n) is 11.4. The molecule has 10 atom stereocenters. The zero-order valence-corrected chi connectivity index (χ0v) is 19.7. The number of hydrogen-bond donors (Lipinski definition) is 0. The lowest BCUT2D eigenvalue weighted by Crippen LogP contribution is -2.35. The van der Waals surface area contributed by atoms with Crippen molar-refractivity contribution < 1.29 is 0 Å². The van der Waals surface area contributed by atoms with Crippen LogP contribution in [0.5, 0.6) is 0 Å². The molecule has 0 spiro atoms. The molecule has 7 saturated carbocycles. The summed E-state index contributed by atoms with van der Waals surface area (Å²) in [6, 6.07) is 0. The SMILES string of the molecule is C1CC(CC2C3CCCCC3C3CC4C(CC5CCC5)C5CCCCC5C4CC23)C1. The predicted octanol–water partition coefficient (Wildman–Crippen LogP) is 8.50. The maximum Gasteiger partial charge on any atom is -0.0349 e. The molecule has 0 saturated heterocycles. The van der Waals surface area contributed by atoms with Crippen LogP contribution < -0.4 is 0 Å². The van der Waals surface area contributed by atoms with E-state index in [0.717, 1.165) is 11.8 Å². The van der Waals surface area contributed by atoms with Gasteiger partial charge in [0.2, 0.25) is 0 Å². The quantitative estimate of drug-likeness (QED) is 0.437. The maximum atomic E-state index is 1.71. The summed E-state index contributed by atoms with van der Waals surface area (Å²) in [4.78, 5) is 0. The zero-order chi connectivity index (χ0) is 19.7. The molecular weight excluding hydrogens is 360 g/mol. The van der Waals surface area contributed by atoms with E-state index in [-0.39, 0.29) is 0 Å². The van der Waals surface area contributed by atoms with Crippen LogP contribution in [0.1, 0.15) is 116 Å². The van der Waals surface area contributed by atoms with Crippen molar-refractivity contribution in [2.75, 3.05) is 0 Å². The van der Waals surface area contributed by atoms with Crippen LogP contribution in [0.15, 0.2) is 0 Å². The van der Waals surface area contributed by atoms with Crippen molar-refractivity contribution in [1.29, 1.82) is 0 Å². The molecule has 30 heavy (non-hydrogen) atoms. The van der Waals surface area contributed by atoms with Gasteiger partial charge in [0.05, 0.1) is 0 Å². The smallest absolute Gasteiger partial charge is 0.0349 e. The van der Waals surface area contributed by atoms with E-state index < -0.39 is 0 Å². The molecule has 0 aromatic carbocycles. The molecule has 0 nitrogen and oxygen atoms in total. The summed E-state index contributed by atoms with van der Waals surface area (Å²) in [5.74, 6) is 14.0. The Morgan fingerprint density at radius 1 is 0.333 bits per heavy atom. The Kier molecular flexibility index (Phi) is 5.06. The van der Waals surface area contributed by atoms with Crippen LogP contribution in [0.25, 0.3) is 0 Å². The first-order chi connectivity index (χ1) is 14.9. The summed E-state index contributed by atoms with van der Waals surface area (Å²) in [6.45, 7) is 0. The van der Waals surface area contributed by atoms with Crippen LogP contribution in [0, 0.1) is 71.0 Å². The van der Waals surface area contributed by atoms with Gasteiger partial charge in [-0.3, -0.25) is 0 Å². The summed E-state index contributed by atoms with van der Waals surface area (Å²) in [6.07, 6.45) is 29.0. The lowest BCUT2D eigenvalue weighted by molar-refractivity contribution is 0.0594. The van der Waals surface area contributed by atoms with Gasteiger partial charge >= 0.3 is 0 Å². The molecule has 0 aliphatic heterocycles. The summed E-state index contributed by atoms with van der Waals surface area (Å²) in [5.41, 5.74) is 0. The second-order valence-electron chi connectivity index (χ2n) is 13.7. The van der Waals surface area contributed by atoms with Crippen LogP contribution in [0.4, 0.5) is 0 Å². The van der Waals surface area contributed by atoms with E-state index in [1.807, 2.05) is 0 Å². The minimum Gasteiger partial charge on any atom is -0.0530 e. The number of rotatable bonds is 4. The van der Waals surface area contributed by atoms with Crippen LogP contribution in [0.2, 0.25) is 0 Å². The Labute approximate surface area is 186 Å². The molecular formula is C30H48. The first-order valence-electron chi connectivity index (χ1n) is 14.9. The van der Waals surface area contributed by atoms with E-state index in [1.54, 1.807) is 116 Å². The number of hydrogen-bond acceptors (Lipinski definition) is 0. The van der Waals surface area contributed by atoms with Gasteiger partial charge in [0.25, 0.3) is 0 Å². The molecule has 0 amide bonds. The normalized spacial score (nSPS) is 53.2. The van der Waals surface area contributed by atoms with Gasteiger partial charge in [0.15, 0.2) is 0 Å². The van der Waals surface area contributed by atoms with Gasteiger partial charge in [0, 0.05) is 0 Å². The Bertz CT molecular complexity index is 560. The van der Waals surface area contributed by atoms with Gasteiger partial charge in [-0.25, -0.2) is 0 Å². The lowest BCUT2D eigenvalue weighted by Gasteiger charge is -2.43. The highest BCUT2D eigenvalue weighted by atomic mass is 14.6. The highest BCUT2D eigenvalue weighted by molar-refractivity contribution is 5.09. The van der Waals surface area contributed by atoms with E-state index in [4.69, 9.17) is 0 Å². The van der Waals surface area contributed by atoms with Crippen molar-refractivity contribution in [3.05, 3.63) is 0 Å². The maximum absolute atomic E-state index is 1.71. The standard InChI is InChI=1S/C30H48/c1-3-13-23-21(11-1)25(15-19-7-5-8-19)29-18-28-24-14-4-2-12-22(24)26(16-20-9-6-10-20)30(28)17-27(23)29/h19-30H,1-18H2.